The summed E-state index contributed by atoms with van der Waals surface area (Å²) >= 11 is 10.7. The van der Waals surface area contributed by atoms with Gasteiger partial charge in [0.25, 0.3) is 0 Å². The van der Waals surface area contributed by atoms with Gasteiger partial charge < -0.3 is 10.2 Å². The molecule has 1 aromatic heterocycles. The van der Waals surface area contributed by atoms with Crippen molar-refractivity contribution in [2.45, 2.75) is 0 Å². The van der Waals surface area contributed by atoms with Crippen molar-refractivity contribution in [2.24, 2.45) is 0 Å². The van der Waals surface area contributed by atoms with Gasteiger partial charge in [0, 0.05) is 20.3 Å². The van der Waals surface area contributed by atoms with Gasteiger partial charge in [-0.05, 0) is 24.4 Å². The monoisotopic (exact) mass is 215 g/mol. The maximum atomic E-state index is 5.68. The molecule has 0 unspecified atom stereocenters. The van der Waals surface area contributed by atoms with Gasteiger partial charge in [0.15, 0.2) is 5.11 Å². The van der Waals surface area contributed by atoms with Gasteiger partial charge >= 0.3 is 0 Å². The topological polar surface area (TPSA) is 28.2 Å². The summed E-state index contributed by atoms with van der Waals surface area (Å²) in [7, 11) is 3.73. The molecule has 0 amide bonds. The Bertz CT molecular complexity index is 297. The van der Waals surface area contributed by atoms with Gasteiger partial charge in [-0.25, -0.2) is 4.98 Å². The molecule has 0 spiro atoms. The molecule has 5 heteroatoms. The van der Waals surface area contributed by atoms with Gasteiger partial charge in [-0.15, -0.1) is 0 Å². The molecule has 0 aromatic carbocycles. The van der Waals surface area contributed by atoms with Crippen molar-refractivity contribution in [2.75, 3.05) is 19.4 Å². The van der Waals surface area contributed by atoms with Crippen molar-refractivity contribution < 1.29 is 0 Å². The van der Waals surface area contributed by atoms with Gasteiger partial charge in [-0.2, -0.15) is 0 Å². The maximum Gasteiger partial charge on any atom is 0.174 e. The first kappa shape index (κ1) is 10.2. The number of anilines is 1. The molecule has 1 aromatic rings. The van der Waals surface area contributed by atoms with Crippen LogP contribution in [0.15, 0.2) is 18.3 Å². The van der Waals surface area contributed by atoms with E-state index in [-0.39, 0.29) is 0 Å². The molecular weight excluding hydrogens is 206 g/mol. The number of hydrogen-bond acceptors (Lipinski definition) is 2. The van der Waals surface area contributed by atoms with Crippen LogP contribution in [0.3, 0.4) is 0 Å². The van der Waals surface area contributed by atoms with Crippen LogP contribution in [0.5, 0.6) is 0 Å². The molecule has 13 heavy (non-hydrogen) atoms. The van der Waals surface area contributed by atoms with Gasteiger partial charge in [-0.1, -0.05) is 11.6 Å². The Morgan fingerprint density at radius 3 is 2.69 bits per heavy atom. The lowest BCUT2D eigenvalue weighted by Gasteiger charge is -2.14. The van der Waals surface area contributed by atoms with Crippen molar-refractivity contribution >= 4 is 34.7 Å². The average Bonchev–Trinajstić information content (AvgIpc) is 2.08. The fourth-order valence-corrected chi connectivity index (χ4v) is 0.887. The fraction of sp³-hybridized carbons (Fsp3) is 0.250. The molecule has 0 fully saturated rings. The highest BCUT2D eigenvalue weighted by atomic mass is 35.5. The summed E-state index contributed by atoms with van der Waals surface area (Å²) in [5, 5.41) is 4.19. The minimum atomic E-state index is 0.612. The first-order valence-electron chi connectivity index (χ1n) is 3.69. The standard InChI is InChI=1S/C8H10ClN3S/c1-12(2)8(13)11-7-4-3-6(9)5-10-7/h3-5H,1-2H3,(H,10,11,13). The minimum Gasteiger partial charge on any atom is -0.355 e. The number of aromatic nitrogens is 1. The van der Waals surface area contributed by atoms with Crippen LogP contribution in [0, 0.1) is 0 Å². The largest absolute Gasteiger partial charge is 0.355 e. The third-order valence-corrected chi connectivity index (χ3v) is 2.06. The lowest BCUT2D eigenvalue weighted by molar-refractivity contribution is 0.633. The summed E-state index contributed by atoms with van der Waals surface area (Å²) in [4.78, 5) is 5.84. The van der Waals surface area contributed by atoms with Crippen molar-refractivity contribution in [3.63, 3.8) is 0 Å². The first-order chi connectivity index (χ1) is 6.09. The zero-order valence-electron chi connectivity index (χ0n) is 7.41. The van der Waals surface area contributed by atoms with E-state index in [1.54, 1.807) is 23.2 Å². The van der Waals surface area contributed by atoms with Crippen molar-refractivity contribution in [3.8, 4) is 0 Å². The molecule has 1 rings (SSSR count). The smallest absolute Gasteiger partial charge is 0.174 e. The Labute approximate surface area is 87.7 Å². The zero-order valence-corrected chi connectivity index (χ0v) is 8.99. The highest BCUT2D eigenvalue weighted by Crippen LogP contribution is 2.09. The molecule has 1 N–H and O–H groups in total. The molecule has 0 atom stereocenters. The highest BCUT2D eigenvalue weighted by Gasteiger charge is 1.99. The molecule has 0 aliphatic carbocycles. The molecule has 0 bridgehead atoms. The third kappa shape index (κ3) is 3.16. The van der Waals surface area contributed by atoms with E-state index < -0.39 is 0 Å². The lowest BCUT2D eigenvalue weighted by Crippen LogP contribution is -2.27. The fourth-order valence-electron chi connectivity index (χ4n) is 0.671. The molecule has 3 nitrogen and oxygen atoms in total. The second kappa shape index (κ2) is 4.39. The third-order valence-electron chi connectivity index (χ3n) is 1.37. The molecule has 0 aliphatic heterocycles. The SMILES string of the molecule is CN(C)C(=S)Nc1ccc(Cl)cn1. The number of thiocarbonyl (C=S) groups is 1. The second-order valence-corrected chi connectivity index (χ2v) is 3.51. The number of hydrogen-bond donors (Lipinski definition) is 1. The number of pyridine rings is 1. The molecule has 70 valence electrons. The Balaban J connectivity index is 2.65. The van der Waals surface area contributed by atoms with Crippen LogP contribution in [0.1, 0.15) is 0 Å². The predicted molar refractivity (Wildman–Crippen MR) is 59.2 cm³/mol. The number of nitrogens with zero attached hydrogens (tertiary/aromatic N) is 2. The van der Waals surface area contributed by atoms with Crippen LogP contribution in [0.4, 0.5) is 5.82 Å². The summed E-state index contributed by atoms with van der Waals surface area (Å²) < 4.78 is 0. The molecule has 0 saturated carbocycles. The second-order valence-electron chi connectivity index (χ2n) is 2.69. The Morgan fingerprint density at radius 1 is 1.54 bits per heavy atom. The Hall–Kier alpha value is -0.870. The summed E-state index contributed by atoms with van der Waals surface area (Å²) in [6.45, 7) is 0. The predicted octanol–water partition coefficient (Wildman–Crippen LogP) is 1.99. The summed E-state index contributed by atoms with van der Waals surface area (Å²) in [6, 6.07) is 3.54. The average molecular weight is 216 g/mol. The van der Waals surface area contributed by atoms with E-state index in [0.717, 1.165) is 0 Å². The van der Waals surface area contributed by atoms with Crippen LogP contribution >= 0.6 is 23.8 Å². The molecule has 0 radical (unpaired) electrons. The summed E-state index contributed by atoms with van der Waals surface area (Å²) in [5.41, 5.74) is 0. The molecule has 1 heterocycles. The van der Waals surface area contributed by atoms with Crippen LogP contribution < -0.4 is 5.32 Å². The van der Waals surface area contributed by atoms with Crippen molar-refractivity contribution in [1.82, 2.24) is 9.88 Å². The van der Waals surface area contributed by atoms with E-state index in [0.29, 0.717) is 16.0 Å². The maximum absolute atomic E-state index is 5.68. The summed E-state index contributed by atoms with van der Waals surface area (Å²) in [6.07, 6.45) is 1.57. The number of halogens is 1. The van der Waals surface area contributed by atoms with Gasteiger partial charge in [0.2, 0.25) is 0 Å². The van der Waals surface area contributed by atoms with Crippen LogP contribution in [0.2, 0.25) is 5.02 Å². The normalized spacial score (nSPS) is 9.46. The van der Waals surface area contributed by atoms with Crippen molar-refractivity contribution in [1.29, 1.82) is 0 Å². The molecular formula is C8H10ClN3S. The van der Waals surface area contributed by atoms with E-state index in [2.05, 4.69) is 10.3 Å². The van der Waals surface area contributed by atoms with E-state index in [4.69, 9.17) is 23.8 Å². The lowest BCUT2D eigenvalue weighted by atomic mass is 10.4. The van der Waals surface area contributed by atoms with Crippen LogP contribution in [-0.2, 0) is 0 Å². The minimum absolute atomic E-state index is 0.612. The van der Waals surface area contributed by atoms with Gasteiger partial charge in [-0.3, -0.25) is 0 Å². The quantitative estimate of drug-likeness (QED) is 0.726. The van der Waals surface area contributed by atoms with Gasteiger partial charge in [0.1, 0.15) is 5.82 Å². The summed E-state index contributed by atoms with van der Waals surface area (Å²) in [5.74, 6) is 0.697. The van der Waals surface area contributed by atoms with Crippen LogP contribution in [-0.4, -0.2) is 29.1 Å². The number of nitrogens with one attached hydrogen (secondary N) is 1. The van der Waals surface area contributed by atoms with E-state index in [9.17, 15) is 0 Å². The van der Waals surface area contributed by atoms with Gasteiger partial charge in [0.05, 0.1) is 5.02 Å². The van der Waals surface area contributed by atoms with Crippen LogP contribution in [0.25, 0.3) is 0 Å². The molecule has 0 aliphatic rings. The Kier molecular flexibility index (Phi) is 3.45. The molecule has 0 saturated heterocycles. The van der Waals surface area contributed by atoms with E-state index in [1.165, 1.54) is 0 Å². The van der Waals surface area contributed by atoms with Crippen molar-refractivity contribution in [3.05, 3.63) is 23.4 Å². The zero-order chi connectivity index (χ0) is 9.84. The highest BCUT2D eigenvalue weighted by molar-refractivity contribution is 7.80. The Morgan fingerprint density at radius 2 is 2.23 bits per heavy atom. The number of rotatable bonds is 1. The van der Waals surface area contributed by atoms with E-state index in [1.807, 2.05) is 14.1 Å². The first-order valence-corrected chi connectivity index (χ1v) is 4.48. The van der Waals surface area contributed by atoms with E-state index >= 15 is 0 Å².